The number of hydrogen-bond acceptors (Lipinski definition) is 7. The van der Waals surface area contributed by atoms with Gasteiger partial charge in [0.15, 0.2) is 11.3 Å². The number of carbonyl (C=O) groups excluding carboxylic acids is 1. The molecule has 0 saturated carbocycles. The molecule has 0 atom stereocenters. The highest BCUT2D eigenvalue weighted by Gasteiger charge is 2.11. The Kier molecular flexibility index (Phi) is 4.36. The van der Waals surface area contributed by atoms with Gasteiger partial charge in [0, 0.05) is 17.5 Å². The van der Waals surface area contributed by atoms with Gasteiger partial charge in [0.05, 0.1) is 11.6 Å². The van der Waals surface area contributed by atoms with Gasteiger partial charge in [-0.1, -0.05) is 17.3 Å². The molecule has 4 rings (SSSR count). The maximum absolute atomic E-state index is 12.2. The fourth-order valence-electron chi connectivity index (χ4n) is 2.42. The van der Waals surface area contributed by atoms with E-state index < -0.39 is 0 Å². The number of benzene rings is 1. The Morgan fingerprint density at radius 1 is 1.31 bits per heavy atom. The van der Waals surface area contributed by atoms with Gasteiger partial charge in [-0.2, -0.15) is 5.10 Å². The molecule has 130 valence electrons. The molecule has 1 amide bonds. The van der Waals surface area contributed by atoms with Crippen LogP contribution in [0.25, 0.3) is 11.0 Å². The van der Waals surface area contributed by atoms with Crippen LogP contribution in [0.5, 0.6) is 0 Å². The molecule has 2 N–H and O–H groups in total. The van der Waals surface area contributed by atoms with E-state index in [1.54, 1.807) is 30.9 Å². The highest BCUT2D eigenvalue weighted by molar-refractivity contribution is 7.98. The van der Waals surface area contributed by atoms with Gasteiger partial charge in [-0.05, 0) is 24.6 Å². The number of aromatic amines is 1. The van der Waals surface area contributed by atoms with Crippen LogP contribution >= 0.6 is 11.8 Å². The van der Waals surface area contributed by atoms with Crippen molar-refractivity contribution >= 4 is 34.4 Å². The van der Waals surface area contributed by atoms with Crippen LogP contribution in [-0.2, 0) is 5.75 Å². The molecule has 3 heterocycles. The Morgan fingerprint density at radius 3 is 3.08 bits per heavy atom. The average Bonchev–Trinajstić information content (AvgIpc) is 3.29. The number of anilines is 1. The summed E-state index contributed by atoms with van der Waals surface area (Å²) < 4.78 is 4.93. The van der Waals surface area contributed by atoms with Crippen molar-refractivity contribution in [2.45, 2.75) is 17.7 Å². The first kappa shape index (κ1) is 16.3. The molecule has 0 unspecified atom stereocenters. The van der Waals surface area contributed by atoms with Crippen LogP contribution in [0, 0.1) is 6.92 Å². The molecule has 8 nitrogen and oxygen atoms in total. The number of nitrogens with zero attached hydrogens (tertiary/aromatic N) is 4. The van der Waals surface area contributed by atoms with Crippen LogP contribution in [0.3, 0.4) is 0 Å². The van der Waals surface area contributed by atoms with Gasteiger partial charge in [-0.15, -0.1) is 11.8 Å². The predicted molar refractivity (Wildman–Crippen MR) is 96.9 cm³/mol. The molecule has 3 aromatic heterocycles. The predicted octanol–water partition coefficient (Wildman–Crippen LogP) is 3.19. The van der Waals surface area contributed by atoms with Crippen molar-refractivity contribution in [1.82, 2.24) is 25.3 Å². The molecule has 9 heteroatoms. The maximum atomic E-state index is 12.2. The normalized spacial score (nSPS) is 11.0. The highest BCUT2D eigenvalue weighted by Crippen LogP contribution is 2.27. The van der Waals surface area contributed by atoms with Crippen molar-refractivity contribution < 1.29 is 9.32 Å². The van der Waals surface area contributed by atoms with E-state index in [2.05, 4.69) is 30.6 Å². The topological polar surface area (TPSA) is 110 Å². The van der Waals surface area contributed by atoms with Gasteiger partial charge < -0.3 is 9.84 Å². The van der Waals surface area contributed by atoms with E-state index in [0.717, 1.165) is 16.0 Å². The molecule has 26 heavy (non-hydrogen) atoms. The molecule has 0 fully saturated rings. The summed E-state index contributed by atoms with van der Waals surface area (Å²) in [6, 6.07) is 9.24. The molecule has 0 spiro atoms. The number of amides is 1. The quantitative estimate of drug-likeness (QED) is 0.412. The number of rotatable bonds is 5. The highest BCUT2D eigenvalue weighted by atomic mass is 32.2. The van der Waals surface area contributed by atoms with Gasteiger partial charge >= 0.3 is 0 Å². The standard InChI is InChI=1S/C17H14N6O2S/c1-10-5-14(23-25-10)16(24)21-12-4-2-3-11(6-12)8-26-17-13-7-20-22-15(13)18-9-19-17/h2-7,9H,8H2,1H3,(H,21,24)(H,18,19,20,22). The minimum Gasteiger partial charge on any atom is -0.361 e. The number of fused-ring (bicyclic) bond motifs is 1. The monoisotopic (exact) mass is 366 g/mol. The third-order valence-corrected chi connectivity index (χ3v) is 4.71. The van der Waals surface area contributed by atoms with Crippen molar-refractivity contribution in [3.63, 3.8) is 0 Å². The van der Waals surface area contributed by atoms with Crippen molar-refractivity contribution in [3.8, 4) is 0 Å². The molecule has 4 aromatic rings. The number of thioether (sulfide) groups is 1. The SMILES string of the molecule is Cc1cc(C(=O)Nc2cccc(CSc3ncnc4[nH]ncc34)c2)no1. The Hall–Kier alpha value is -3.20. The number of H-pyrrole nitrogens is 1. The number of nitrogens with one attached hydrogen (secondary N) is 2. The van der Waals surface area contributed by atoms with Crippen molar-refractivity contribution in [2.24, 2.45) is 0 Å². The second-order valence-corrected chi connectivity index (χ2v) is 6.54. The summed E-state index contributed by atoms with van der Waals surface area (Å²) in [4.78, 5) is 20.6. The van der Waals surface area contributed by atoms with Gasteiger partial charge in [0.2, 0.25) is 0 Å². The smallest absolute Gasteiger partial charge is 0.277 e. The summed E-state index contributed by atoms with van der Waals surface area (Å²) in [6.07, 6.45) is 3.23. The molecule has 0 aliphatic rings. The minimum atomic E-state index is -0.303. The van der Waals surface area contributed by atoms with Crippen LogP contribution in [-0.4, -0.2) is 31.2 Å². The van der Waals surface area contributed by atoms with E-state index in [4.69, 9.17) is 4.52 Å². The lowest BCUT2D eigenvalue weighted by Crippen LogP contribution is -2.12. The van der Waals surface area contributed by atoms with Gasteiger partial charge in [-0.3, -0.25) is 9.89 Å². The summed E-state index contributed by atoms with van der Waals surface area (Å²) in [5, 5.41) is 15.1. The Labute approximate surface area is 152 Å². The molecular formula is C17H14N6O2S. The van der Waals surface area contributed by atoms with Crippen LogP contribution < -0.4 is 5.32 Å². The average molecular weight is 366 g/mol. The van der Waals surface area contributed by atoms with Gasteiger partial charge in [-0.25, -0.2) is 9.97 Å². The molecule has 0 saturated heterocycles. The second kappa shape index (κ2) is 6.96. The van der Waals surface area contributed by atoms with E-state index in [9.17, 15) is 4.79 Å². The number of hydrogen-bond donors (Lipinski definition) is 2. The molecule has 0 aliphatic carbocycles. The lowest BCUT2D eigenvalue weighted by molar-refractivity contribution is 0.101. The van der Waals surface area contributed by atoms with E-state index in [-0.39, 0.29) is 11.6 Å². The minimum absolute atomic E-state index is 0.255. The largest absolute Gasteiger partial charge is 0.361 e. The van der Waals surface area contributed by atoms with Crippen LogP contribution in [0.2, 0.25) is 0 Å². The number of aromatic nitrogens is 5. The summed E-state index contributed by atoms with van der Waals surface area (Å²) in [5.41, 5.74) is 2.72. The molecule has 0 radical (unpaired) electrons. The van der Waals surface area contributed by atoms with E-state index in [1.165, 1.54) is 6.33 Å². The molecule has 0 aliphatic heterocycles. The fourth-order valence-corrected chi connectivity index (χ4v) is 3.33. The lowest BCUT2D eigenvalue weighted by atomic mass is 10.2. The maximum Gasteiger partial charge on any atom is 0.277 e. The zero-order valence-electron chi connectivity index (χ0n) is 13.8. The zero-order chi connectivity index (χ0) is 17.9. The second-order valence-electron chi connectivity index (χ2n) is 5.58. The molecule has 0 bridgehead atoms. The van der Waals surface area contributed by atoms with Crippen molar-refractivity contribution in [3.05, 3.63) is 59.9 Å². The first-order valence-corrected chi connectivity index (χ1v) is 8.78. The van der Waals surface area contributed by atoms with E-state index >= 15 is 0 Å². The number of aryl methyl sites for hydroxylation is 1. The van der Waals surface area contributed by atoms with Crippen LogP contribution in [0.4, 0.5) is 5.69 Å². The van der Waals surface area contributed by atoms with Crippen molar-refractivity contribution in [2.75, 3.05) is 5.32 Å². The van der Waals surface area contributed by atoms with Crippen LogP contribution in [0.15, 0.2) is 52.4 Å². The summed E-state index contributed by atoms with van der Waals surface area (Å²) in [7, 11) is 0. The number of carbonyl (C=O) groups is 1. The van der Waals surface area contributed by atoms with E-state index in [1.807, 2.05) is 24.3 Å². The summed E-state index contributed by atoms with van der Waals surface area (Å²) >= 11 is 1.58. The molecule has 1 aromatic carbocycles. The third-order valence-electron chi connectivity index (χ3n) is 3.63. The van der Waals surface area contributed by atoms with Gasteiger partial charge in [0.1, 0.15) is 17.1 Å². The Bertz CT molecular complexity index is 1070. The van der Waals surface area contributed by atoms with E-state index in [0.29, 0.717) is 22.8 Å². The van der Waals surface area contributed by atoms with Crippen molar-refractivity contribution in [1.29, 1.82) is 0 Å². The zero-order valence-corrected chi connectivity index (χ0v) is 14.6. The Morgan fingerprint density at radius 2 is 2.23 bits per heavy atom. The molecular weight excluding hydrogens is 352 g/mol. The first-order chi connectivity index (χ1) is 12.7. The fraction of sp³-hybridized carbons (Fsp3) is 0.118. The first-order valence-electron chi connectivity index (χ1n) is 7.79. The Balaban J connectivity index is 1.46. The summed E-state index contributed by atoms with van der Waals surface area (Å²) in [5.74, 6) is 0.989. The van der Waals surface area contributed by atoms with Gasteiger partial charge in [0.25, 0.3) is 5.91 Å². The third kappa shape index (κ3) is 3.42. The van der Waals surface area contributed by atoms with Crippen LogP contribution in [0.1, 0.15) is 21.8 Å². The summed E-state index contributed by atoms with van der Waals surface area (Å²) in [6.45, 7) is 1.74. The lowest BCUT2D eigenvalue weighted by Gasteiger charge is -2.06.